The molecule has 1 aliphatic heterocycles. The lowest BCUT2D eigenvalue weighted by Crippen LogP contribution is -2.52. The summed E-state index contributed by atoms with van der Waals surface area (Å²) in [7, 11) is 1.67. The summed E-state index contributed by atoms with van der Waals surface area (Å²) in [5.41, 5.74) is 1.39. The molecule has 1 fully saturated rings. The van der Waals surface area contributed by atoms with Crippen molar-refractivity contribution in [1.29, 1.82) is 0 Å². The molecule has 0 unspecified atom stereocenters. The van der Waals surface area contributed by atoms with Gasteiger partial charge in [0.25, 0.3) is 0 Å². The number of likely N-dealkylation sites (tertiary alicyclic amines) is 1. The van der Waals surface area contributed by atoms with Gasteiger partial charge in [-0.25, -0.2) is 0 Å². The lowest BCUT2D eigenvalue weighted by atomic mass is 10.1. The molecule has 0 bridgehead atoms. The van der Waals surface area contributed by atoms with E-state index in [1.807, 2.05) is 24.3 Å². The number of methoxy groups -OCH3 is 1. The summed E-state index contributed by atoms with van der Waals surface area (Å²) < 4.78 is 11.1. The molecule has 19 heavy (non-hydrogen) atoms. The first kappa shape index (κ1) is 12.5. The van der Waals surface area contributed by atoms with Crippen molar-refractivity contribution >= 4 is 11.3 Å². The maximum Gasteiger partial charge on any atom is 0.124 e. The zero-order chi connectivity index (χ0) is 13.1. The van der Waals surface area contributed by atoms with Gasteiger partial charge in [-0.05, 0) is 34.5 Å². The van der Waals surface area contributed by atoms with Crippen molar-refractivity contribution in [2.24, 2.45) is 0 Å². The van der Waals surface area contributed by atoms with E-state index in [1.54, 1.807) is 18.4 Å². The summed E-state index contributed by atoms with van der Waals surface area (Å²) in [5.74, 6) is 1.73. The molecule has 100 valence electrons. The van der Waals surface area contributed by atoms with Gasteiger partial charge in [-0.15, -0.1) is 0 Å². The standard InChI is InChI=1S/C15H17NO2S/c1-17-13-3-2-4-14(7-13)18-15-9-16(10-15)8-12-5-6-19-11-12/h2-7,11,15H,8-10H2,1H3. The van der Waals surface area contributed by atoms with Crippen LogP contribution < -0.4 is 9.47 Å². The molecular weight excluding hydrogens is 258 g/mol. The Kier molecular flexibility index (Phi) is 3.71. The monoisotopic (exact) mass is 275 g/mol. The van der Waals surface area contributed by atoms with Crippen molar-refractivity contribution in [2.75, 3.05) is 20.2 Å². The molecule has 1 aromatic heterocycles. The highest BCUT2D eigenvalue weighted by molar-refractivity contribution is 7.07. The van der Waals surface area contributed by atoms with E-state index < -0.39 is 0 Å². The molecule has 1 saturated heterocycles. The number of rotatable bonds is 5. The summed E-state index contributed by atoms with van der Waals surface area (Å²) in [6.07, 6.45) is 0.297. The normalized spacial score (nSPS) is 16.1. The second kappa shape index (κ2) is 5.63. The Hall–Kier alpha value is -1.52. The molecule has 2 heterocycles. The maximum atomic E-state index is 5.92. The minimum Gasteiger partial charge on any atom is -0.497 e. The number of benzene rings is 1. The highest BCUT2D eigenvalue weighted by atomic mass is 32.1. The van der Waals surface area contributed by atoms with Crippen LogP contribution in [-0.2, 0) is 6.54 Å². The highest BCUT2D eigenvalue weighted by Gasteiger charge is 2.28. The zero-order valence-corrected chi connectivity index (χ0v) is 11.7. The Morgan fingerprint density at radius 1 is 1.26 bits per heavy atom. The van der Waals surface area contributed by atoms with Gasteiger partial charge in [0.05, 0.1) is 7.11 Å². The van der Waals surface area contributed by atoms with E-state index in [2.05, 4.69) is 21.7 Å². The number of ether oxygens (including phenoxy) is 2. The van der Waals surface area contributed by atoms with Crippen molar-refractivity contribution < 1.29 is 9.47 Å². The SMILES string of the molecule is COc1cccc(OC2CN(Cc3ccsc3)C2)c1. The fourth-order valence-electron chi connectivity index (χ4n) is 2.23. The van der Waals surface area contributed by atoms with Crippen LogP contribution >= 0.6 is 11.3 Å². The van der Waals surface area contributed by atoms with Crippen molar-refractivity contribution in [3.05, 3.63) is 46.7 Å². The maximum absolute atomic E-state index is 5.92. The Morgan fingerprint density at radius 3 is 2.84 bits per heavy atom. The number of hydrogen-bond acceptors (Lipinski definition) is 4. The first-order chi connectivity index (χ1) is 9.33. The summed E-state index contributed by atoms with van der Waals surface area (Å²) in [6, 6.07) is 9.97. The average molecular weight is 275 g/mol. The van der Waals surface area contributed by atoms with Crippen molar-refractivity contribution in [3.63, 3.8) is 0 Å². The first-order valence-corrected chi connectivity index (χ1v) is 7.32. The Morgan fingerprint density at radius 2 is 2.11 bits per heavy atom. The summed E-state index contributed by atoms with van der Waals surface area (Å²) in [6.45, 7) is 3.02. The molecule has 4 heteroatoms. The number of hydrogen-bond donors (Lipinski definition) is 0. The fourth-order valence-corrected chi connectivity index (χ4v) is 2.89. The molecule has 0 saturated carbocycles. The second-order valence-electron chi connectivity index (χ2n) is 4.74. The molecule has 0 radical (unpaired) electrons. The van der Waals surface area contributed by atoms with E-state index in [0.29, 0.717) is 6.10 Å². The van der Waals surface area contributed by atoms with Crippen LogP contribution in [0.25, 0.3) is 0 Å². The predicted octanol–water partition coefficient (Wildman–Crippen LogP) is 3.02. The van der Waals surface area contributed by atoms with Crippen molar-refractivity contribution in [3.8, 4) is 11.5 Å². The van der Waals surface area contributed by atoms with Gasteiger partial charge in [-0.1, -0.05) is 6.07 Å². The van der Waals surface area contributed by atoms with E-state index in [4.69, 9.17) is 9.47 Å². The van der Waals surface area contributed by atoms with Crippen LogP contribution in [0.1, 0.15) is 5.56 Å². The van der Waals surface area contributed by atoms with Crippen LogP contribution in [-0.4, -0.2) is 31.2 Å². The van der Waals surface area contributed by atoms with E-state index in [0.717, 1.165) is 31.1 Å². The molecule has 0 amide bonds. The highest BCUT2D eigenvalue weighted by Crippen LogP contribution is 2.23. The van der Waals surface area contributed by atoms with Crippen LogP contribution in [0, 0.1) is 0 Å². The topological polar surface area (TPSA) is 21.7 Å². The molecule has 0 spiro atoms. The lowest BCUT2D eigenvalue weighted by Gasteiger charge is -2.38. The van der Waals surface area contributed by atoms with Crippen LogP contribution in [0.3, 0.4) is 0 Å². The smallest absolute Gasteiger partial charge is 0.124 e. The van der Waals surface area contributed by atoms with Crippen LogP contribution in [0.4, 0.5) is 0 Å². The van der Waals surface area contributed by atoms with Crippen LogP contribution in [0.2, 0.25) is 0 Å². The van der Waals surface area contributed by atoms with Gasteiger partial charge in [-0.2, -0.15) is 11.3 Å². The number of nitrogens with zero attached hydrogens (tertiary/aromatic N) is 1. The summed E-state index contributed by atoms with van der Waals surface area (Å²) in [5, 5.41) is 4.33. The lowest BCUT2D eigenvalue weighted by molar-refractivity contribution is 0.0145. The predicted molar refractivity (Wildman–Crippen MR) is 77.0 cm³/mol. The molecule has 3 rings (SSSR count). The third kappa shape index (κ3) is 3.08. The number of thiophene rings is 1. The third-order valence-electron chi connectivity index (χ3n) is 3.25. The van der Waals surface area contributed by atoms with E-state index in [-0.39, 0.29) is 0 Å². The Labute approximate surface area is 117 Å². The van der Waals surface area contributed by atoms with Gasteiger partial charge in [0, 0.05) is 25.7 Å². The van der Waals surface area contributed by atoms with Gasteiger partial charge in [0.1, 0.15) is 17.6 Å². The molecule has 0 aliphatic carbocycles. The molecule has 1 aliphatic rings. The quantitative estimate of drug-likeness (QED) is 0.837. The molecule has 0 N–H and O–H groups in total. The van der Waals surface area contributed by atoms with Gasteiger partial charge in [0.15, 0.2) is 0 Å². The molecule has 2 aromatic rings. The zero-order valence-electron chi connectivity index (χ0n) is 10.9. The van der Waals surface area contributed by atoms with Gasteiger partial charge < -0.3 is 9.47 Å². The van der Waals surface area contributed by atoms with Gasteiger partial charge >= 0.3 is 0 Å². The first-order valence-electron chi connectivity index (χ1n) is 6.37. The molecule has 0 atom stereocenters. The summed E-state index contributed by atoms with van der Waals surface area (Å²) >= 11 is 1.75. The summed E-state index contributed by atoms with van der Waals surface area (Å²) in [4.78, 5) is 2.40. The van der Waals surface area contributed by atoms with E-state index in [1.165, 1.54) is 5.56 Å². The largest absolute Gasteiger partial charge is 0.497 e. The van der Waals surface area contributed by atoms with Gasteiger partial charge in [0.2, 0.25) is 0 Å². The second-order valence-corrected chi connectivity index (χ2v) is 5.52. The minimum atomic E-state index is 0.297. The van der Waals surface area contributed by atoms with Gasteiger partial charge in [-0.3, -0.25) is 4.90 Å². The van der Waals surface area contributed by atoms with Crippen LogP contribution in [0.15, 0.2) is 41.1 Å². The molecule has 3 nitrogen and oxygen atoms in total. The Balaban J connectivity index is 1.48. The molecule has 1 aromatic carbocycles. The van der Waals surface area contributed by atoms with Crippen LogP contribution in [0.5, 0.6) is 11.5 Å². The van der Waals surface area contributed by atoms with E-state index in [9.17, 15) is 0 Å². The minimum absolute atomic E-state index is 0.297. The van der Waals surface area contributed by atoms with E-state index >= 15 is 0 Å². The van der Waals surface area contributed by atoms with Crippen molar-refractivity contribution in [1.82, 2.24) is 4.90 Å². The fraction of sp³-hybridized carbons (Fsp3) is 0.333. The molecular formula is C15H17NO2S. The Bertz CT molecular complexity index is 521. The average Bonchev–Trinajstić information content (AvgIpc) is 2.89. The van der Waals surface area contributed by atoms with Crippen molar-refractivity contribution in [2.45, 2.75) is 12.6 Å². The third-order valence-corrected chi connectivity index (χ3v) is 3.99.